The number of ether oxygens (including phenoxy) is 2. The number of esters is 2. The van der Waals surface area contributed by atoms with E-state index in [1.165, 1.54) is 44.2 Å². The average Bonchev–Trinajstić information content (AvgIpc) is 3.24. The van der Waals surface area contributed by atoms with Gasteiger partial charge in [-0.15, -0.1) is 10.2 Å². The third-order valence-electron chi connectivity index (χ3n) is 4.36. The first-order chi connectivity index (χ1) is 15.5. The van der Waals surface area contributed by atoms with Crippen molar-refractivity contribution in [3.05, 3.63) is 53.9 Å². The summed E-state index contributed by atoms with van der Waals surface area (Å²) in [5, 5.41) is 11.7. The lowest BCUT2D eigenvalue weighted by molar-refractivity contribution is -0.113. The molecule has 0 fully saturated rings. The molecule has 0 saturated heterocycles. The summed E-state index contributed by atoms with van der Waals surface area (Å²) in [6.45, 7) is 2.59. The van der Waals surface area contributed by atoms with Gasteiger partial charge in [0.05, 0.1) is 31.1 Å². The van der Waals surface area contributed by atoms with Crippen LogP contribution in [0.3, 0.4) is 0 Å². The van der Waals surface area contributed by atoms with Gasteiger partial charge < -0.3 is 19.4 Å². The molecule has 0 spiro atoms. The highest BCUT2D eigenvalue weighted by atomic mass is 32.2. The van der Waals surface area contributed by atoms with E-state index in [0.717, 1.165) is 5.56 Å². The summed E-state index contributed by atoms with van der Waals surface area (Å²) in [5.41, 5.74) is 1.38. The van der Waals surface area contributed by atoms with E-state index >= 15 is 0 Å². The van der Waals surface area contributed by atoms with Crippen LogP contribution in [0.5, 0.6) is 0 Å². The molecule has 1 aromatic carbocycles. The first kappa shape index (κ1) is 22.9. The highest BCUT2D eigenvalue weighted by molar-refractivity contribution is 7.99. The summed E-state index contributed by atoms with van der Waals surface area (Å²) in [5.74, 6) is -0.888. The number of carbonyl (C=O) groups is 3. The Morgan fingerprint density at radius 3 is 2.19 bits per heavy atom. The zero-order valence-corrected chi connectivity index (χ0v) is 18.5. The van der Waals surface area contributed by atoms with Gasteiger partial charge in [-0.2, -0.15) is 0 Å². The molecule has 32 heavy (non-hydrogen) atoms. The predicted octanol–water partition coefficient (Wildman–Crippen LogP) is 2.66. The Bertz CT molecular complexity index is 1100. The summed E-state index contributed by atoms with van der Waals surface area (Å²) < 4.78 is 11.3. The fourth-order valence-electron chi connectivity index (χ4n) is 2.89. The Labute approximate surface area is 188 Å². The van der Waals surface area contributed by atoms with Crippen molar-refractivity contribution in [1.29, 1.82) is 0 Å². The Balaban J connectivity index is 1.73. The fraction of sp³-hybridized carbons (Fsp3) is 0.238. The van der Waals surface area contributed by atoms with E-state index in [-0.39, 0.29) is 28.5 Å². The van der Waals surface area contributed by atoms with Gasteiger partial charge >= 0.3 is 11.9 Å². The normalized spacial score (nSPS) is 10.5. The van der Waals surface area contributed by atoms with Crippen molar-refractivity contribution in [3.8, 4) is 11.4 Å². The minimum absolute atomic E-state index is 0.0461. The van der Waals surface area contributed by atoms with Gasteiger partial charge in [-0.05, 0) is 37.3 Å². The van der Waals surface area contributed by atoms with Crippen molar-refractivity contribution in [2.24, 2.45) is 0 Å². The molecule has 0 aliphatic heterocycles. The Morgan fingerprint density at radius 2 is 1.62 bits per heavy atom. The van der Waals surface area contributed by atoms with E-state index < -0.39 is 11.9 Å². The van der Waals surface area contributed by atoms with Gasteiger partial charge in [-0.25, -0.2) is 9.59 Å². The van der Waals surface area contributed by atoms with Crippen molar-refractivity contribution in [1.82, 2.24) is 19.7 Å². The zero-order chi connectivity index (χ0) is 23.1. The van der Waals surface area contributed by atoms with Crippen LogP contribution in [0.1, 0.15) is 27.6 Å². The number of hydrogen-bond acceptors (Lipinski definition) is 9. The second-order valence-electron chi connectivity index (χ2n) is 6.41. The molecular formula is C21H21N5O5S. The maximum absolute atomic E-state index is 12.5. The molecule has 2 heterocycles. The quantitative estimate of drug-likeness (QED) is 0.403. The number of aromatic nitrogens is 4. The van der Waals surface area contributed by atoms with Gasteiger partial charge in [0.2, 0.25) is 5.91 Å². The summed E-state index contributed by atoms with van der Waals surface area (Å²) in [6.07, 6.45) is 3.35. The molecule has 1 amide bonds. The van der Waals surface area contributed by atoms with Gasteiger partial charge in [-0.3, -0.25) is 9.78 Å². The van der Waals surface area contributed by atoms with Crippen LogP contribution in [0.2, 0.25) is 0 Å². The number of hydrogen-bond donors (Lipinski definition) is 1. The lowest BCUT2D eigenvalue weighted by Gasteiger charge is -2.10. The van der Waals surface area contributed by atoms with Gasteiger partial charge in [0.1, 0.15) is 0 Å². The first-order valence-electron chi connectivity index (χ1n) is 9.54. The second-order valence-corrected chi connectivity index (χ2v) is 7.35. The number of rotatable bonds is 8. The highest BCUT2D eigenvalue weighted by Gasteiger charge is 2.17. The van der Waals surface area contributed by atoms with Crippen LogP contribution >= 0.6 is 11.8 Å². The minimum atomic E-state index is -0.639. The van der Waals surface area contributed by atoms with Gasteiger partial charge in [0.15, 0.2) is 11.0 Å². The minimum Gasteiger partial charge on any atom is -0.465 e. The number of benzene rings is 1. The van der Waals surface area contributed by atoms with Crippen molar-refractivity contribution in [2.75, 3.05) is 25.3 Å². The molecule has 0 atom stereocenters. The molecule has 10 nitrogen and oxygen atoms in total. The van der Waals surface area contributed by atoms with E-state index in [9.17, 15) is 14.4 Å². The fourth-order valence-corrected chi connectivity index (χ4v) is 3.70. The first-order valence-corrected chi connectivity index (χ1v) is 10.5. The van der Waals surface area contributed by atoms with E-state index in [2.05, 4.69) is 20.5 Å². The molecule has 11 heteroatoms. The maximum atomic E-state index is 12.5. The Hall–Kier alpha value is -3.73. The van der Waals surface area contributed by atoms with E-state index in [0.29, 0.717) is 17.5 Å². The molecule has 0 radical (unpaired) electrons. The second kappa shape index (κ2) is 10.5. The number of amides is 1. The van der Waals surface area contributed by atoms with Gasteiger partial charge in [0, 0.05) is 30.2 Å². The largest absolute Gasteiger partial charge is 0.465 e. The molecule has 166 valence electrons. The lowest BCUT2D eigenvalue weighted by atomic mass is 10.1. The number of nitrogens with zero attached hydrogens (tertiary/aromatic N) is 4. The molecule has 0 unspecified atom stereocenters. The Morgan fingerprint density at radius 1 is 1.00 bits per heavy atom. The van der Waals surface area contributed by atoms with Crippen LogP contribution in [0.4, 0.5) is 5.69 Å². The molecule has 1 N–H and O–H groups in total. The van der Waals surface area contributed by atoms with Crippen molar-refractivity contribution in [2.45, 2.75) is 18.6 Å². The van der Waals surface area contributed by atoms with E-state index in [1.807, 2.05) is 23.6 Å². The Kier molecular flexibility index (Phi) is 7.55. The lowest BCUT2D eigenvalue weighted by Crippen LogP contribution is -2.16. The molecule has 0 bridgehead atoms. The molecule has 3 rings (SSSR count). The summed E-state index contributed by atoms with van der Waals surface area (Å²) in [6, 6.07) is 7.87. The molecule has 0 aliphatic carbocycles. The van der Waals surface area contributed by atoms with Crippen molar-refractivity contribution >= 4 is 35.3 Å². The summed E-state index contributed by atoms with van der Waals surface area (Å²) in [7, 11) is 2.46. The van der Waals surface area contributed by atoms with Crippen LogP contribution in [0.25, 0.3) is 11.4 Å². The molecule has 0 aliphatic rings. The SMILES string of the molecule is CCn1c(SCC(=O)Nc2cc(C(=O)OC)cc(C(=O)OC)c2)nnc1-c1ccncc1. The van der Waals surface area contributed by atoms with Crippen molar-refractivity contribution < 1.29 is 23.9 Å². The highest BCUT2D eigenvalue weighted by Crippen LogP contribution is 2.24. The van der Waals surface area contributed by atoms with Gasteiger partial charge in [0.25, 0.3) is 0 Å². The standard InChI is InChI=1S/C21H21N5O5S/c1-4-26-18(13-5-7-22-8-6-13)24-25-21(26)32-12-17(27)23-16-10-14(19(28)30-2)9-15(11-16)20(29)31-3/h5-11H,4,12H2,1-3H3,(H,23,27). The van der Waals surface area contributed by atoms with E-state index in [4.69, 9.17) is 9.47 Å². The molecular weight excluding hydrogens is 434 g/mol. The number of carbonyl (C=O) groups excluding carboxylic acids is 3. The van der Waals surface area contributed by atoms with Gasteiger partial charge in [-0.1, -0.05) is 11.8 Å². The monoisotopic (exact) mass is 455 g/mol. The van der Waals surface area contributed by atoms with Crippen LogP contribution in [-0.4, -0.2) is 57.6 Å². The summed E-state index contributed by atoms with van der Waals surface area (Å²) >= 11 is 1.22. The van der Waals surface area contributed by atoms with Crippen LogP contribution in [-0.2, 0) is 20.8 Å². The molecule has 3 aromatic rings. The third kappa shape index (κ3) is 5.30. The van der Waals surface area contributed by atoms with Crippen LogP contribution in [0.15, 0.2) is 47.9 Å². The molecule has 0 saturated carbocycles. The number of thioether (sulfide) groups is 1. The van der Waals surface area contributed by atoms with Crippen LogP contribution in [0, 0.1) is 0 Å². The topological polar surface area (TPSA) is 125 Å². The average molecular weight is 455 g/mol. The molecule has 2 aromatic heterocycles. The summed E-state index contributed by atoms with van der Waals surface area (Å²) in [4.78, 5) is 40.3. The van der Waals surface area contributed by atoms with Crippen molar-refractivity contribution in [3.63, 3.8) is 0 Å². The zero-order valence-electron chi connectivity index (χ0n) is 17.7. The number of methoxy groups -OCH3 is 2. The third-order valence-corrected chi connectivity index (χ3v) is 5.33. The van der Waals surface area contributed by atoms with E-state index in [1.54, 1.807) is 12.4 Å². The number of pyridine rings is 1. The maximum Gasteiger partial charge on any atom is 0.337 e. The van der Waals surface area contributed by atoms with Crippen LogP contribution < -0.4 is 5.32 Å². The predicted molar refractivity (Wildman–Crippen MR) is 117 cm³/mol. The number of nitrogens with one attached hydrogen (secondary N) is 1. The number of anilines is 1. The smallest absolute Gasteiger partial charge is 0.337 e.